The number of hydrogen-bond donors (Lipinski definition) is 0. The van der Waals surface area contributed by atoms with E-state index in [4.69, 9.17) is 4.74 Å². The maximum atomic E-state index is 12.3. The Kier molecular flexibility index (Phi) is 3.75. The van der Waals surface area contributed by atoms with Crippen LogP contribution >= 0.6 is 0 Å². The lowest BCUT2D eigenvalue weighted by molar-refractivity contribution is -0.142. The number of amides is 1. The molecular formula is C15H18N2O2. The van der Waals surface area contributed by atoms with Crippen molar-refractivity contribution in [2.45, 2.75) is 25.8 Å². The van der Waals surface area contributed by atoms with E-state index in [1.165, 1.54) is 0 Å². The lowest BCUT2D eigenvalue weighted by Gasteiger charge is -2.36. The first-order valence-corrected chi connectivity index (χ1v) is 6.41. The van der Waals surface area contributed by atoms with Gasteiger partial charge in [-0.05, 0) is 37.0 Å². The van der Waals surface area contributed by atoms with Crippen molar-refractivity contribution in [2.24, 2.45) is 5.41 Å². The smallest absolute Gasteiger partial charge is 0.243 e. The molecule has 4 nitrogen and oxygen atoms in total. The van der Waals surface area contributed by atoms with Crippen LogP contribution in [0.2, 0.25) is 0 Å². The van der Waals surface area contributed by atoms with E-state index in [2.05, 4.69) is 6.07 Å². The summed E-state index contributed by atoms with van der Waals surface area (Å²) in [6.07, 6.45) is 2.35. The molecule has 0 N–H and O–H groups in total. The van der Waals surface area contributed by atoms with E-state index in [9.17, 15) is 10.1 Å². The van der Waals surface area contributed by atoms with Gasteiger partial charge in [-0.15, -0.1) is 0 Å². The molecule has 0 spiro atoms. The fourth-order valence-corrected chi connectivity index (χ4v) is 2.35. The van der Waals surface area contributed by atoms with Gasteiger partial charge in [-0.1, -0.05) is 12.1 Å². The Labute approximate surface area is 113 Å². The molecule has 1 aromatic carbocycles. The topological polar surface area (TPSA) is 53.3 Å². The van der Waals surface area contributed by atoms with Crippen LogP contribution in [0, 0.1) is 16.7 Å². The summed E-state index contributed by atoms with van der Waals surface area (Å²) in [6.45, 7) is 0.520. The zero-order valence-electron chi connectivity index (χ0n) is 11.3. The summed E-state index contributed by atoms with van der Waals surface area (Å²) in [5.41, 5.74) is 0.269. The molecule has 2 rings (SSSR count). The fraction of sp³-hybridized carbons (Fsp3) is 0.467. The molecule has 0 unspecified atom stereocenters. The maximum absolute atomic E-state index is 12.3. The van der Waals surface area contributed by atoms with Gasteiger partial charge in [0.15, 0.2) is 0 Å². The number of ether oxygens (including phenoxy) is 1. The molecule has 0 aromatic heterocycles. The number of rotatable bonds is 4. The van der Waals surface area contributed by atoms with Gasteiger partial charge in [0, 0.05) is 13.6 Å². The van der Waals surface area contributed by atoms with Gasteiger partial charge < -0.3 is 9.64 Å². The Hall–Kier alpha value is -2.02. The summed E-state index contributed by atoms with van der Waals surface area (Å²) < 4.78 is 5.10. The van der Waals surface area contributed by atoms with E-state index in [-0.39, 0.29) is 5.91 Å². The quantitative estimate of drug-likeness (QED) is 0.833. The van der Waals surface area contributed by atoms with Crippen LogP contribution in [0.15, 0.2) is 24.3 Å². The molecule has 1 saturated carbocycles. The van der Waals surface area contributed by atoms with Crippen LogP contribution in [-0.2, 0) is 11.3 Å². The van der Waals surface area contributed by atoms with Gasteiger partial charge in [-0.3, -0.25) is 4.79 Å². The Bertz CT molecular complexity index is 498. The molecule has 1 aliphatic carbocycles. The van der Waals surface area contributed by atoms with E-state index in [0.29, 0.717) is 19.4 Å². The molecule has 1 aliphatic rings. The average molecular weight is 258 g/mol. The highest BCUT2D eigenvalue weighted by Crippen LogP contribution is 2.41. The largest absolute Gasteiger partial charge is 0.497 e. The van der Waals surface area contributed by atoms with Crippen molar-refractivity contribution in [3.05, 3.63) is 29.8 Å². The second kappa shape index (κ2) is 5.31. The minimum atomic E-state index is -0.763. The van der Waals surface area contributed by atoms with Crippen LogP contribution in [0.3, 0.4) is 0 Å². The highest BCUT2D eigenvalue weighted by atomic mass is 16.5. The first-order valence-electron chi connectivity index (χ1n) is 6.41. The van der Waals surface area contributed by atoms with Crippen molar-refractivity contribution >= 4 is 5.91 Å². The van der Waals surface area contributed by atoms with Gasteiger partial charge in [0.2, 0.25) is 5.91 Å². The maximum Gasteiger partial charge on any atom is 0.243 e. The molecule has 19 heavy (non-hydrogen) atoms. The van der Waals surface area contributed by atoms with Gasteiger partial charge in [0.25, 0.3) is 0 Å². The van der Waals surface area contributed by atoms with Crippen molar-refractivity contribution < 1.29 is 9.53 Å². The number of nitriles is 1. The molecule has 1 amide bonds. The predicted octanol–water partition coefficient (Wildman–Crippen LogP) is 2.35. The molecule has 100 valence electrons. The van der Waals surface area contributed by atoms with E-state index in [1.54, 1.807) is 19.1 Å². The molecule has 0 saturated heterocycles. The highest BCUT2D eigenvalue weighted by Gasteiger charge is 2.46. The first-order chi connectivity index (χ1) is 9.11. The van der Waals surface area contributed by atoms with Crippen molar-refractivity contribution in [2.75, 3.05) is 14.2 Å². The van der Waals surface area contributed by atoms with Crippen LogP contribution in [-0.4, -0.2) is 25.0 Å². The Balaban J connectivity index is 2.02. The van der Waals surface area contributed by atoms with Crippen LogP contribution in [0.5, 0.6) is 5.75 Å². The molecule has 1 fully saturated rings. The van der Waals surface area contributed by atoms with Crippen molar-refractivity contribution in [1.29, 1.82) is 5.26 Å². The number of carbonyl (C=O) groups excluding carboxylic acids is 1. The summed E-state index contributed by atoms with van der Waals surface area (Å²) >= 11 is 0. The van der Waals surface area contributed by atoms with Crippen molar-refractivity contribution in [1.82, 2.24) is 4.90 Å². The second-order valence-corrected chi connectivity index (χ2v) is 5.06. The third-order valence-corrected chi connectivity index (χ3v) is 3.76. The number of hydrogen-bond acceptors (Lipinski definition) is 3. The average Bonchev–Trinajstić information content (AvgIpc) is 2.39. The molecular weight excluding hydrogens is 240 g/mol. The highest BCUT2D eigenvalue weighted by molar-refractivity contribution is 5.86. The van der Waals surface area contributed by atoms with Gasteiger partial charge in [-0.2, -0.15) is 5.26 Å². The predicted molar refractivity (Wildman–Crippen MR) is 71.4 cm³/mol. The second-order valence-electron chi connectivity index (χ2n) is 5.06. The molecule has 0 bridgehead atoms. The minimum Gasteiger partial charge on any atom is -0.497 e. The van der Waals surface area contributed by atoms with Crippen molar-refractivity contribution in [3.8, 4) is 11.8 Å². The summed E-state index contributed by atoms with van der Waals surface area (Å²) in [4.78, 5) is 13.9. The van der Waals surface area contributed by atoms with E-state index in [0.717, 1.165) is 17.7 Å². The number of carbonyl (C=O) groups is 1. The summed E-state index contributed by atoms with van der Waals surface area (Å²) in [5.74, 6) is 0.738. The normalized spacial score (nSPS) is 16.1. The molecule has 0 radical (unpaired) electrons. The lowest BCUT2D eigenvalue weighted by atomic mass is 9.69. The van der Waals surface area contributed by atoms with Crippen LogP contribution < -0.4 is 4.74 Å². The Morgan fingerprint density at radius 1 is 1.42 bits per heavy atom. The molecule has 0 heterocycles. The summed E-state index contributed by atoms with van der Waals surface area (Å²) in [6, 6.07) is 9.80. The molecule has 4 heteroatoms. The molecule has 0 aliphatic heterocycles. The number of nitrogens with zero attached hydrogens (tertiary/aromatic N) is 2. The third-order valence-electron chi connectivity index (χ3n) is 3.76. The zero-order chi connectivity index (χ0) is 13.9. The van der Waals surface area contributed by atoms with Crippen LogP contribution in [0.1, 0.15) is 24.8 Å². The first kappa shape index (κ1) is 13.4. The van der Waals surface area contributed by atoms with Gasteiger partial charge in [-0.25, -0.2) is 0 Å². The van der Waals surface area contributed by atoms with E-state index < -0.39 is 5.41 Å². The van der Waals surface area contributed by atoms with Gasteiger partial charge in [0.05, 0.1) is 13.2 Å². The minimum absolute atomic E-state index is 0.0583. The number of methoxy groups -OCH3 is 1. The van der Waals surface area contributed by atoms with E-state index >= 15 is 0 Å². The van der Waals surface area contributed by atoms with Crippen LogP contribution in [0.4, 0.5) is 0 Å². The van der Waals surface area contributed by atoms with Gasteiger partial charge >= 0.3 is 0 Å². The SMILES string of the molecule is COc1ccc(CN(C)C(=O)C2(C#N)CCC2)cc1. The Morgan fingerprint density at radius 2 is 2.05 bits per heavy atom. The molecule has 0 atom stereocenters. The monoisotopic (exact) mass is 258 g/mol. The van der Waals surface area contributed by atoms with Gasteiger partial charge in [0.1, 0.15) is 11.2 Å². The third kappa shape index (κ3) is 2.55. The molecule has 1 aromatic rings. The van der Waals surface area contributed by atoms with E-state index in [1.807, 2.05) is 24.3 Å². The lowest BCUT2D eigenvalue weighted by Crippen LogP contribution is -2.45. The zero-order valence-corrected chi connectivity index (χ0v) is 11.3. The summed E-state index contributed by atoms with van der Waals surface area (Å²) in [7, 11) is 3.38. The van der Waals surface area contributed by atoms with Crippen LogP contribution in [0.25, 0.3) is 0 Å². The summed E-state index contributed by atoms with van der Waals surface area (Å²) in [5, 5.41) is 9.18. The standard InChI is InChI=1S/C15H18N2O2/c1-17(14(18)15(11-16)8-3-9-15)10-12-4-6-13(19-2)7-5-12/h4-7H,3,8-10H2,1-2H3. The fourth-order valence-electron chi connectivity index (χ4n) is 2.35. The number of benzene rings is 1. The van der Waals surface area contributed by atoms with Crippen molar-refractivity contribution in [3.63, 3.8) is 0 Å². The Morgan fingerprint density at radius 3 is 2.47 bits per heavy atom.